The maximum atomic E-state index is 12.6. The SMILES string of the molecule is CCOc1ccc(Nc2ncccc2C(=O)N(C)C(C)C(=O)O)cc1. The highest BCUT2D eigenvalue weighted by molar-refractivity contribution is 6.00. The monoisotopic (exact) mass is 343 g/mol. The second kappa shape index (κ2) is 8.14. The molecule has 7 heteroatoms. The lowest BCUT2D eigenvalue weighted by atomic mass is 10.2. The summed E-state index contributed by atoms with van der Waals surface area (Å²) in [6, 6.07) is 9.57. The zero-order valence-electron chi connectivity index (χ0n) is 14.4. The Hall–Kier alpha value is -3.09. The van der Waals surface area contributed by atoms with Gasteiger partial charge in [0.1, 0.15) is 17.6 Å². The van der Waals surface area contributed by atoms with Crippen molar-refractivity contribution >= 4 is 23.4 Å². The second-order valence-corrected chi connectivity index (χ2v) is 5.41. The summed E-state index contributed by atoms with van der Waals surface area (Å²) in [7, 11) is 1.45. The van der Waals surface area contributed by atoms with Crippen LogP contribution in [0.5, 0.6) is 5.75 Å². The van der Waals surface area contributed by atoms with Crippen molar-refractivity contribution in [1.82, 2.24) is 9.88 Å². The second-order valence-electron chi connectivity index (χ2n) is 5.41. The van der Waals surface area contributed by atoms with Gasteiger partial charge in [0.2, 0.25) is 0 Å². The summed E-state index contributed by atoms with van der Waals surface area (Å²) < 4.78 is 5.39. The van der Waals surface area contributed by atoms with Gasteiger partial charge in [-0.3, -0.25) is 4.79 Å². The Balaban J connectivity index is 2.22. The van der Waals surface area contributed by atoms with Gasteiger partial charge in [-0.05, 0) is 50.2 Å². The average molecular weight is 343 g/mol. The molecule has 25 heavy (non-hydrogen) atoms. The minimum Gasteiger partial charge on any atom is -0.494 e. The summed E-state index contributed by atoms with van der Waals surface area (Å²) in [5.74, 6) is -0.376. The zero-order chi connectivity index (χ0) is 18.4. The molecule has 1 atom stereocenters. The number of benzene rings is 1. The molecule has 1 amide bonds. The number of pyridine rings is 1. The van der Waals surface area contributed by atoms with Crippen LogP contribution in [-0.4, -0.2) is 46.6 Å². The first-order chi connectivity index (χ1) is 11.9. The molecular formula is C18H21N3O4. The van der Waals surface area contributed by atoms with Crippen LogP contribution in [0.3, 0.4) is 0 Å². The number of likely N-dealkylation sites (N-methyl/N-ethyl adjacent to an activating group) is 1. The number of aliphatic carboxylic acids is 1. The van der Waals surface area contributed by atoms with Gasteiger partial charge in [0.15, 0.2) is 0 Å². The van der Waals surface area contributed by atoms with E-state index in [0.717, 1.165) is 11.4 Å². The van der Waals surface area contributed by atoms with E-state index in [1.807, 2.05) is 31.2 Å². The number of carbonyl (C=O) groups excluding carboxylic acids is 1. The lowest BCUT2D eigenvalue weighted by molar-refractivity contribution is -0.141. The van der Waals surface area contributed by atoms with E-state index in [4.69, 9.17) is 9.84 Å². The Bertz CT molecular complexity index is 746. The minimum atomic E-state index is -1.07. The van der Waals surface area contributed by atoms with Gasteiger partial charge in [-0.2, -0.15) is 0 Å². The molecule has 0 saturated carbocycles. The minimum absolute atomic E-state index is 0.298. The Labute approximate surface area is 146 Å². The molecule has 0 bridgehead atoms. The van der Waals surface area contributed by atoms with E-state index in [-0.39, 0.29) is 0 Å². The molecule has 0 radical (unpaired) electrons. The molecule has 1 aromatic carbocycles. The summed E-state index contributed by atoms with van der Waals surface area (Å²) in [6.07, 6.45) is 1.56. The standard InChI is InChI=1S/C18H21N3O4/c1-4-25-14-9-7-13(8-10-14)20-16-15(6-5-11-19-16)17(22)21(3)12(2)18(23)24/h5-12H,4H2,1-3H3,(H,19,20)(H,23,24). The van der Waals surface area contributed by atoms with Crippen LogP contribution in [0.4, 0.5) is 11.5 Å². The molecule has 2 N–H and O–H groups in total. The van der Waals surface area contributed by atoms with Gasteiger partial charge in [-0.25, -0.2) is 9.78 Å². The van der Waals surface area contributed by atoms with Crippen molar-refractivity contribution in [3.63, 3.8) is 0 Å². The molecule has 1 unspecified atom stereocenters. The topological polar surface area (TPSA) is 91.8 Å². The first-order valence-electron chi connectivity index (χ1n) is 7.89. The first-order valence-corrected chi connectivity index (χ1v) is 7.89. The predicted octanol–water partition coefficient (Wildman–Crippen LogP) is 2.77. The Kier molecular flexibility index (Phi) is 5.94. The Morgan fingerprint density at radius 2 is 1.96 bits per heavy atom. The molecule has 0 aliphatic carbocycles. The predicted molar refractivity (Wildman–Crippen MR) is 94.3 cm³/mol. The number of ether oxygens (including phenoxy) is 1. The van der Waals surface area contributed by atoms with E-state index < -0.39 is 17.9 Å². The van der Waals surface area contributed by atoms with Crippen molar-refractivity contribution in [2.75, 3.05) is 19.0 Å². The van der Waals surface area contributed by atoms with E-state index in [1.54, 1.807) is 18.3 Å². The molecule has 0 saturated heterocycles. The smallest absolute Gasteiger partial charge is 0.326 e. The summed E-state index contributed by atoms with van der Waals surface area (Å²) in [5.41, 5.74) is 1.04. The molecule has 1 aromatic heterocycles. The quantitative estimate of drug-likeness (QED) is 0.803. The van der Waals surface area contributed by atoms with Crippen LogP contribution in [0.25, 0.3) is 0 Å². The van der Waals surface area contributed by atoms with Crippen molar-refractivity contribution < 1.29 is 19.4 Å². The number of hydrogen-bond acceptors (Lipinski definition) is 5. The molecule has 0 spiro atoms. The van der Waals surface area contributed by atoms with Crippen molar-refractivity contribution in [3.05, 3.63) is 48.2 Å². The van der Waals surface area contributed by atoms with Crippen molar-refractivity contribution in [3.8, 4) is 5.75 Å². The van der Waals surface area contributed by atoms with Crippen LogP contribution in [0.15, 0.2) is 42.6 Å². The summed E-state index contributed by atoms with van der Waals surface area (Å²) >= 11 is 0. The van der Waals surface area contributed by atoms with Crippen molar-refractivity contribution in [1.29, 1.82) is 0 Å². The summed E-state index contributed by atoms with van der Waals surface area (Å²) in [6.45, 7) is 3.95. The molecule has 0 aliphatic rings. The molecular weight excluding hydrogens is 322 g/mol. The number of carboxylic acids is 1. The highest BCUT2D eigenvalue weighted by Crippen LogP contribution is 2.22. The van der Waals surface area contributed by atoms with Gasteiger partial charge in [0.05, 0.1) is 12.2 Å². The average Bonchev–Trinajstić information content (AvgIpc) is 2.62. The van der Waals surface area contributed by atoms with Crippen LogP contribution in [0.1, 0.15) is 24.2 Å². The third-order valence-electron chi connectivity index (χ3n) is 3.72. The number of carboxylic acid groups (broad SMARTS) is 1. The molecule has 7 nitrogen and oxygen atoms in total. The fraction of sp³-hybridized carbons (Fsp3) is 0.278. The maximum Gasteiger partial charge on any atom is 0.326 e. The zero-order valence-corrected chi connectivity index (χ0v) is 14.4. The van der Waals surface area contributed by atoms with Crippen LogP contribution < -0.4 is 10.1 Å². The van der Waals surface area contributed by atoms with Crippen LogP contribution >= 0.6 is 0 Å². The number of rotatable bonds is 7. The molecule has 0 aliphatic heterocycles. The first kappa shape index (κ1) is 18.3. The molecule has 1 heterocycles. The lowest BCUT2D eigenvalue weighted by Gasteiger charge is -2.22. The molecule has 2 aromatic rings. The highest BCUT2D eigenvalue weighted by atomic mass is 16.5. The van der Waals surface area contributed by atoms with Crippen LogP contribution in [0, 0.1) is 0 Å². The third kappa shape index (κ3) is 4.47. The number of amides is 1. The number of anilines is 2. The highest BCUT2D eigenvalue weighted by Gasteiger charge is 2.24. The number of carbonyl (C=O) groups is 2. The van der Waals surface area contributed by atoms with Crippen molar-refractivity contribution in [2.45, 2.75) is 19.9 Å². The van der Waals surface area contributed by atoms with Gasteiger partial charge in [-0.1, -0.05) is 0 Å². The van der Waals surface area contributed by atoms with E-state index >= 15 is 0 Å². The van der Waals surface area contributed by atoms with Crippen molar-refractivity contribution in [2.24, 2.45) is 0 Å². The number of nitrogens with zero attached hydrogens (tertiary/aromatic N) is 2. The van der Waals surface area contributed by atoms with Gasteiger partial charge < -0.3 is 20.1 Å². The molecule has 0 fully saturated rings. The number of aromatic nitrogens is 1. The molecule has 132 valence electrons. The van der Waals surface area contributed by atoms with E-state index in [1.165, 1.54) is 18.9 Å². The van der Waals surface area contributed by atoms with Gasteiger partial charge in [-0.15, -0.1) is 0 Å². The fourth-order valence-electron chi connectivity index (χ4n) is 2.15. The third-order valence-corrected chi connectivity index (χ3v) is 3.72. The largest absolute Gasteiger partial charge is 0.494 e. The van der Waals surface area contributed by atoms with Crippen LogP contribution in [0.2, 0.25) is 0 Å². The van der Waals surface area contributed by atoms with Gasteiger partial charge in [0.25, 0.3) is 5.91 Å². The normalized spacial score (nSPS) is 11.5. The lowest BCUT2D eigenvalue weighted by Crippen LogP contribution is -2.40. The maximum absolute atomic E-state index is 12.6. The van der Waals surface area contributed by atoms with E-state index in [0.29, 0.717) is 18.0 Å². The number of nitrogens with one attached hydrogen (secondary N) is 1. The van der Waals surface area contributed by atoms with Gasteiger partial charge >= 0.3 is 5.97 Å². The van der Waals surface area contributed by atoms with Gasteiger partial charge in [0, 0.05) is 18.9 Å². The fourth-order valence-corrected chi connectivity index (χ4v) is 2.15. The summed E-state index contributed by atoms with van der Waals surface area (Å²) in [4.78, 5) is 29.1. The number of hydrogen-bond donors (Lipinski definition) is 2. The summed E-state index contributed by atoms with van der Waals surface area (Å²) in [5, 5.41) is 12.2. The molecule has 2 rings (SSSR count). The van der Waals surface area contributed by atoms with Crippen LogP contribution in [-0.2, 0) is 4.79 Å². The Morgan fingerprint density at radius 3 is 2.56 bits per heavy atom. The van der Waals surface area contributed by atoms with E-state index in [2.05, 4.69) is 10.3 Å². The Morgan fingerprint density at radius 1 is 1.28 bits per heavy atom. The van der Waals surface area contributed by atoms with E-state index in [9.17, 15) is 9.59 Å².